The molecule has 20 heavy (non-hydrogen) atoms. The van der Waals surface area contributed by atoms with Crippen molar-refractivity contribution in [2.24, 2.45) is 17.4 Å². The largest absolute Gasteiger partial charge is 0.379 e. The summed E-state index contributed by atoms with van der Waals surface area (Å²) in [4.78, 5) is 21.8. The Hall–Kier alpha value is -0.830. The number of rotatable bonds is 14. The van der Waals surface area contributed by atoms with Crippen molar-refractivity contribution in [3.8, 4) is 0 Å². The summed E-state index contributed by atoms with van der Waals surface area (Å²) in [6, 6.07) is 0. The molecule has 0 bridgehead atoms. The van der Waals surface area contributed by atoms with Crippen LogP contribution >= 0.6 is 11.8 Å². The second kappa shape index (κ2) is 13.2. The molecule has 4 N–H and O–H groups in total. The van der Waals surface area contributed by atoms with Crippen molar-refractivity contribution in [2.45, 2.75) is 6.42 Å². The van der Waals surface area contributed by atoms with Crippen LogP contribution in [0.3, 0.4) is 0 Å². The Morgan fingerprint density at radius 3 is 1.80 bits per heavy atom. The van der Waals surface area contributed by atoms with Crippen LogP contribution in [0.2, 0.25) is 0 Å². The molecule has 0 saturated carbocycles. The molecule has 0 aliphatic heterocycles. The summed E-state index contributed by atoms with van der Waals surface area (Å²) in [5.74, 6) is -1.44. The second-order valence-corrected chi connectivity index (χ2v) is 4.96. The zero-order valence-corrected chi connectivity index (χ0v) is 12.7. The van der Waals surface area contributed by atoms with E-state index in [0.717, 1.165) is 12.4 Å². The normalized spacial score (nSPS) is 10.9. The van der Waals surface area contributed by atoms with Crippen LogP contribution in [0.15, 0.2) is 0 Å². The van der Waals surface area contributed by atoms with Gasteiger partial charge >= 0.3 is 0 Å². The zero-order valence-electron chi connectivity index (χ0n) is 11.8. The van der Waals surface area contributed by atoms with E-state index in [1.165, 1.54) is 0 Å². The smallest absolute Gasteiger partial charge is 0.230 e. The first kappa shape index (κ1) is 19.2. The average molecular weight is 308 g/mol. The molecule has 118 valence electrons. The minimum Gasteiger partial charge on any atom is -0.379 e. The van der Waals surface area contributed by atoms with Gasteiger partial charge in [0.2, 0.25) is 11.8 Å². The molecule has 0 aliphatic carbocycles. The molecule has 0 aromatic rings. The van der Waals surface area contributed by atoms with E-state index >= 15 is 0 Å². The van der Waals surface area contributed by atoms with Crippen LogP contribution in [0.1, 0.15) is 6.42 Å². The predicted molar refractivity (Wildman–Crippen MR) is 77.3 cm³/mol. The Morgan fingerprint density at radius 1 is 0.900 bits per heavy atom. The monoisotopic (exact) mass is 308 g/mol. The van der Waals surface area contributed by atoms with Crippen LogP contribution in [0.4, 0.5) is 0 Å². The Kier molecular flexibility index (Phi) is 12.6. The van der Waals surface area contributed by atoms with Crippen molar-refractivity contribution in [2.75, 3.05) is 51.6 Å². The highest BCUT2D eigenvalue weighted by atomic mass is 32.2. The lowest BCUT2D eigenvalue weighted by molar-refractivity contribution is -0.132. The maximum absolute atomic E-state index is 10.9. The topological polar surface area (TPSA) is 114 Å². The number of carbonyl (C=O) groups excluding carboxylic acids is 2. The molecular formula is C12H24N2O5S. The summed E-state index contributed by atoms with van der Waals surface area (Å²) in [5, 5.41) is 0. The van der Waals surface area contributed by atoms with Gasteiger partial charge in [0.1, 0.15) is 5.92 Å². The molecule has 0 atom stereocenters. The third-order valence-corrected chi connectivity index (χ3v) is 2.99. The first-order chi connectivity index (χ1) is 9.59. The lowest BCUT2D eigenvalue weighted by Gasteiger charge is -2.10. The number of nitrogens with two attached hydrogens (primary N) is 2. The summed E-state index contributed by atoms with van der Waals surface area (Å²) >= 11 is 1.73. The molecule has 0 aromatic carbocycles. The van der Waals surface area contributed by atoms with Gasteiger partial charge in [-0.1, -0.05) is 0 Å². The molecule has 0 fully saturated rings. The van der Waals surface area contributed by atoms with Gasteiger partial charge in [-0.2, -0.15) is 11.8 Å². The molecule has 0 saturated heterocycles. The van der Waals surface area contributed by atoms with Gasteiger partial charge in [-0.25, -0.2) is 0 Å². The molecule has 2 amide bonds. The quantitative estimate of drug-likeness (QED) is 0.326. The second-order valence-electron chi connectivity index (χ2n) is 3.98. The minimum atomic E-state index is -0.972. The lowest BCUT2D eigenvalue weighted by atomic mass is 10.1. The molecule has 0 heterocycles. The van der Waals surface area contributed by atoms with E-state index in [1.54, 1.807) is 11.8 Å². The van der Waals surface area contributed by atoms with Crippen LogP contribution in [-0.2, 0) is 23.8 Å². The van der Waals surface area contributed by atoms with Gasteiger partial charge in [-0.3, -0.25) is 9.59 Å². The Bertz CT molecular complexity index is 265. The van der Waals surface area contributed by atoms with Gasteiger partial charge in [-0.15, -0.1) is 0 Å². The van der Waals surface area contributed by atoms with E-state index in [4.69, 9.17) is 25.7 Å². The van der Waals surface area contributed by atoms with Gasteiger partial charge in [0.15, 0.2) is 0 Å². The van der Waals surface area contributed by atoms with Crippen molar-refractivity contribution in [1.29, 1.82) is 0 Å². The Balaban J connectivity index is 3.32. The van der Waals surface area contributed by atoms with E-state index in [1.807, 2.05) is 6.26 Å². The summed E-state index contributed by atoms with van der Waals surface area (Å²) in [6.45, 7) is 2.86. The third-order valence-electron chi connectivity index (χ3n) is 2.41. The average Bonchev–Trinajstić information content (AvgIpc) is 2.39. The summed E-state index contributed by atoms with van der Waals surface area (Å²) in [5.41, 5.74) is 10.1. The fourth-order valence-corrected chi connectivity index (χ4v) is 1.59. The van der Waals surface area contributed by atoms with Crippen LogP contribution in [-0.4, -0.2) is 63.5 Å². The fourth-order valence-electron chi connectivity index (χ4n) is 1.31. The third kappa shape index (κ3) is 11.0. The number of hydrogen-bond acceptors (Lipinski definition) is 6. The highest BCUT2D eigenvalue weighted by Gasteiger charge is 2.20. The SMILES string of the molecule is CSCCOCCOCCOCCC(C(N)=O)C(N)=O. The van der Waals surface area contributed by atoms with Crippen molar-refractivity contribution in [3.05, 3.63) is 0 Å². The van der Waals surface area contributed by atoms with Gasteiger partial charge in [0.25, 0.3) is 0 Å². The maximum Gasteiger partial charge on any atom is 0.230 e. The molecule has 8 heteroatoms. The predicted octanol–water partition coefficient (Wildman–Crippen LogP) is -0.624. The highest BCUT2D eigenvalue weighted by Crippen LogP contribution is 2.01. The fraction of sp³-hybridized carbons (Fsp3) is 0.833. The van der Waals surface area contributed by atoms with Gasteiger partial charge < -0.3 is 25.7 Å². The standard InChI is InChI=1S/C12H24N2O5S/c1-20-9-8-19-7-6-18-5-4-17-3-2-10(11(13)15)12(14)16/h10H,2-9H2,1H3,(H2,13,15)(H2,14,16). The molecule has 0 aliphatic rings. The first-order valence-corrected chi connectivity index (χ1v) is 7.79. The zero-order chi connectivity index (χ0) is 15.2. The van der Waals surface area contributed by atoms with E-state index in [0.29, 0.717) is 26.4 Å². The summed E-state index contributed by atoms with van der Waals surface area (Å²) in [6.07, 6.45) is 2.22. The van der Waals surface area contributed by atoms with Crippen molar-refractivity contribution in [1.82, 2.24) is 0 Å². The van der Waals surface area contributed by atoms with Crippen molar-refractivity contribution >= 4 is 23.6 Å². The molecule has 0 aromatic heterocycles. The van der Waals surface area contributed by atoms with E-state index in [2.05, 4.69) is 0 Å². The van der Waals surface area contributed by atoms with Gasteiger partial charge in [-0.05, 0) is 12.7 Å². The number of amides is 2. The van der Waals surface area contributed by atoms with E-state index < -0.39 is 17.7 Å². The van der Waals surface area contributed by atoms with Crippen LogP contribution < -0.4 is 11.5 Å². The number of thioether (sulfide) groups is 1. The molecule has 0 unspecified atom stereocenters. The van der Waals surface area contributed by atoms with Crippen LogP contribution in [0, 0.1) is 5.92 Å². The Labute approximate surface area is 123 Å². The molecule has 0 radical (unpaired) electrons. The number of carbonyl (C=O) groups is 2. The Morgan fingerprint density at radius 2 is 1.35 bits per heavy atom. The molecule has 0 spiro atoms. The highest BCUT2D eigenvalue weighted by molar-refractivity contribution is 7.98. The number of hydrogen-bond donors (Lipinski definition) is 2. The summed E-state index contributed by atoms with van der Waals surface area (Å²) in [7, 11) is 0. The van der Waals surface area contributed by atoms with E-state index in [-0.39, 0.29) is 13.0 Å². The number of ether oxygens (including phenoxy) is 3. The molecule has 0 rings (SSSR count). The number of primary amides is 2. The van der Waals surface area contributed by atoms with Gasteiger partial charge in [0.05, 0.1) is 33.0 Å². The minimum absolute atomic E-state index is 0.197. The van der Waals surface area contributed by atoms with E-state index in [9.17, 15) is 9.59 Å². The van der Waals surface area contributed by atoms with Crippen LogP contribution in [0.5, 0.6) is 0 Å². The first-order valence-electron chi connectivity index (χ1n) is 6.40. The van der Waals surface area contributed by atoms with Crippen molar-refractivity contribution < 1.29 is 23.8 Å². The van der Waals surface area contributed by atoms with Gasteiger partial charge in [0, 0.05) is 12.4 Å². The lowest BCUT2D eigenvalue weighted by Crippen LogP contribution is -2.35. The summed E-state index contributed by atoms with van der Waals surface area (Å²) < 4.78 is 15.8. The molecule has 7 nitrogen and oxygen atoms in total. The maximum atomic E-state index is 10.9. The van der Waals surface area contributed by atoms with Crippen LogP contribution in [0.25, 0.3) is 0 Å². The molecular weight excluding hydrogens is 284 g/mol. The van der Waals surface area contributed by atoms with Crippen molar-refractivity contribution in [3.63, 3.8) is 0 Å².